The molecule has 0 saturated carbocycles. The van der Waals surface area contributed by atoms with Gasteiger partial charge in [-0.05, 0) is 39.7 Å². The van der Waals surface area contributed by atoms with E-state index in [1.807, 2.05) is 19.2 Å². The van der Waals surface area contributed by atoms with Crippen LogP contribution in [-0.4, -0.2) is 23.5 Å². The van der Waals surface area contributed by atoms with Crippen LogP contribution in [0, 0.1) is 0 Å². The molecule has 1 aliphatic rings. The molecule has 1 amide bonds. The molecule has 1 atom stereocenters. The van der Waals surface area contributed by atoms with Crippen molar-refractivity contribution in [3.8, 4) is 0 Å². The Labute approximate surface area is 119 Å². The number of rotatable bonds is 5. The normalized spacial score (nSPS) is 20.2. The van der Waals surface area contributed by atoms with Crippen LogP contribution in [0.5, 0.6) is 0 Å². The van der Waals surface area contributed by atoms with Crippen molar-refractivity contribution in [1.82, 2.24) is 15.6 Å². The smallest absolute Gasteiger partial charge is 0.220 e. The number of hydrogen-bond acceptors (Lipinski definition) is 4. The highest BCUT2D eigenvalue weighted by atomic mass is 32.1. The van der Waals surface area contributed by atoms with Crippen LogP contribution in [0.25, 0.3) is 0 Å². The molecule has 0 aromatic carbocycles. The van der Waals surface area contributed by atoms with Crippen molar-refractivity contribution in [2.24, 2.45) is 0 Å². The zero-order valence-corrected chi connectivity index (χ0v) is 12.6. The average Bonchev–Trinajstić information content (AvgIpc) is 2.92. The van der Waals surface area contributed by atoms with Crippen LogP contribution in [0.4, 0.5) is 0 Å². The molecule has 1 fully saturated rings. The summed E-state index contributed by atoms with van der Waals surface area (Å²) < 4.78 is 0. The van der Waals surface area contributed by atoms with Gasteiger partial charge in [-0.25, -0.2) is 4.98 Å². The van der Waals surface area contributed by atoms with E-state index in [-0.39, 0.29) is 11.4 Å². The minimum Gasteiger partial charge on any atom is -0.345 e. The molecule has 2 N–H and O–H groups in total. The van der Waals surface area contributed by atoms with Gasteiger partial charge in [-0.1, -0.05) is 6.42 Å². The monoisotopic (exact) mass is 281 g/mol. The zero-order valence-electron chi connectivity index (χ0n) is 11.7. The number of nitrogens with one attached hydrogen (secondary N) is 2. The summed E-state index contributed by atoms with van der Waals surface area (Å²) in [5.74, 6) is 0.118. The third-order valence-corrected chi connectivity index (χ3v) is 4.65. The number of amides is 1. The lowest BCUT2D eigenvalue weighted by Crippen LogP contribution is -2.42. The van der Waals surface area contributed by atoms with Crippen molar-refractivity contribution in [2.45, 2.75) is 57.5 Å². The van der Waals surface area contributed by atoms with E-state index in [4.69, 9.17) is 0 Å². The standard InChI is InChI=1S/C14H23N3OS/c1-14(2,13-16-9-10-19-13)17-12(18)7-6-11-5-3-4-8-15-11/h9-11,15H,3-8H2,1-2H3,(H,17,18). The number of aromatic nitrogens is 1. The molecule has 106 valence electrons. The van der Waals surface area contributed by atoms with Gasteiger partial charge in [0.15, 0.2) is 0 Å². The van der Waals surface area contributed by atoms with Crippen LogP contribution in [0.1, 0.15) is 51.0 Å². The molecule has 1 aromatic heterocycles. The Kier molecular flexibility index (Phi) is 4.93. The van der Waals surface area contributed by atoms with Gasteiger partial charge in [-0.2, -0.15) is 0 Å². The van der Waals surface area contributed by atoms with Gasteiger partial charge in [0.25, 0.3) is 0 Å². The predicted molar refractivity (Wildman–Crippen MR) is 78.2 cm³/mol. The third kappa shape index (κ3) is 4.28. The van der Waals surface area contributed by atoms with Crippen LogP contribution in [0.3, 0.4) is 0 Å². The topological polar surface area (TPSA) is 54.0 Å². The molecule has 1 unspecified atom stereocenters. The van der Waals surface area contributed by atoms with Gasteiger partial charge in [-0.3, -0.25) is 4.79 Å². The average molecular weight is 281 g/mol. The summed E-state index contributed by atoms with van der Waals surface area (Å²) in [6.45, 7) is 5.10. The van der Waals surface area contributed by atoms with Crippen LogP contribution >= 0.6 is 11.3 Å². The van der Waals surface area contributed by atoms with Gasteiger partial charge in [0.2, 0.25) is 5.91 Å². The number of carbonyl (C=O) groups excluding carboxylic acids is 1. The molecule has 0 radical (unpaired) electrons. The molecule has 1 aliphatic heterocycles. The fraction of sp³-hybridized carbons (Fsp3) is 0.714. The number of piperidine rings is 1. The molecule has 0 spiro atoms. The van der Waals surface area contributed by atoms with E-state index in [2.05, 4.69) is 15.6 Å². The van der Waals surface area contributed by atoms with Gasteiger partial charge in [0, 0.05) is 24.0 Å². The van der Waals surface area contributed by atoms with Crippen molar-refractivity contribution in [1.29, 1.82) is 0 Å². The van der Waals surface area contributed by atoms with Crippen LogP contribution in [-0.2, 0) is 10.3 Å². The summed E-state index contributed by atoms with van der Waals surface area (Å²) >= 11 is 1.58. The van der Waals surface area contributed by atoms with E-state index in [9.17, 15) is 4.79 Å². The van der Waals surface area contributed by atoms with E-state index in [1.165, 1.54) is 19.3 Å². The SMILES string of the molecule is CC(C)(NC(=O)CCC1CCCCN1)c1nccs1. The molecule has 0 aliphatic carbocycles. The molecule has 1 saturated heterocycles. The molecule has 4 nitrogen and oxygen atoms in total. The molecule has 2 rings (SSSR count). The number of hydrogen-bond donors (Lipinski definition) is 2. The molecular formula is C14H23N3OS. The third-order valence-electron chi connectivity index (χ3n) is 3.55. The first kappa shape index (κ1) is 14.5. The fourth-order valence-electron chi connectivity index (χ4n) is 2.47. The fourth-order valence-corrected chi connectivity index (χ4v) is 3.19. The van der Waals surface area contributed by atoms with Crippen LogP contribution < -0.4 is 10.6 Å². The minimum absolute atomic E-state index is 0.118. The van der Waals surface area contributed by atoms with Crippen molar-refractivity contribution in [2.75, 3.05) is 6.54 Å². The molecule has 0 bridgehead atoms. The summed E-state index contributed by atoms with van der Waals surface area (Å²) in [5, 5.41) is 9.45. The van der Waals surface area contributed by atoms with E-state index in [0.717, 1.165) is 18.0 Å². The second-order valence-electron chi connectivity index (χ2n) is 5.70. The highest BCUT2D eigenvalue weighted by Gasteiger charge is 2.25. The summed E-state index contributed by atoms with van der Waals surface area (Å²) in [7, 11) is 0. The van der Waals surface area contributed by atoms with E-state index in [1.54, 1.807) is 17.5 Å². The highest BCUT2D eigenvalue weighted by molar-refractivity contribution is 7.09. The maximum atomic E-state index is 12.0. The maximum absolute atomic E-state index is 12.0. The van der Waals surface area contributed by atoms with E-state index >= 15 is 0 Å². The Morgan fingerprint density at radius 3 is 3.05 bits per heavy atom. The Bertz CT molecular complexity index is 397. The second kappa shape index (κ2) is 6.48. The lowest BCUT2D eigenvalue weighted by molar-refractivity contribution is -0.123. The van der Waals surface area contributed by atoms with Crippen molar-refractivity contribution in [3.63, 3.8) is 0 Å². The minimum atomic E-state index is -0.370. The van der Waals surface area contributed by atoms with Gasteiger partial charge >= 0.3 is 0 Å². The number of nitrogens with zero attached hydrogens (tertiary/aromatic N) is 1. The van der Waals surface area contributed by atoms with Gasteiger partial charge in [0.1, 0.15) is 5.01 Å². The van der Waals surface area contributed by atoms with Crippen molar-refractivity contribution >= 4 is 17.2 Å². The number of carbonyl (C=O) groups is 1. The van der Waals surface area contributed by atoms with Gasteiger partial charge < -0.3 is 10.6 Å². The lowest BCUT2D eigenvalue weighted by atomic mass is 10.00. The van der Waals surface area contributed by atoms with Crippen LogP contribution in [0.2, 0.25) is 0 Å². The summed E-state index contributed by atoms with van der Waals surface area (Å²) in [6, 6.07) is 0.516. The predicted octanol–water partition coefficient (Wildman–Crippen LogP) is 2.42. The summed E-state index contributed by atoms with van der Waals surface area (Å²) in [6.07, 6.45) is 7.04. The molecule has 19 heavy (non-hydrogen) atoms. The van der Waals surface area contributed by atoms with E-state index in [0.29, 0.717) is 12.5 Å². The lowest BCUT2D eigenvalue weighted by Gasteiger charge is -2.26. The van der Waals surface area contributed by atoms with E-state index < -0.39 is 0 Å². The summed E-state index contributed by atoms with van der Waals surface area (Å²) in [4.78, 5) is 16.3. The van der Waals surface area contributed by atoms with Crippen molar-refractivity contribution in [3.05, 3.63) is 16.6 Å². The highest BCUT2D eigenvalue weighted by Crippen LogP contribution is 2.22. The second-order valence-corrected chi connectivity index (χ2v) is 6.59. The molecule has 5 heteroatoms. The molecule has 1 aromatic rings. The van der Waals surface area contributed by atoms with Crippen molar-refractivity contribution < 1.29 is 4.79 Å². The zero-order chi connectivity index (χ0) is 13.7. The molecular weight excluding hydrogens is 258 g/mol. The Hall–Kier alpha value is -0.940. The van der Waals surface area contributed by atoms with Gasteiger partial charge in [0.05, 0.1) is 5.54 Å². The largest absolute Gasteiger partial charge is 0.345 e. The van der Waals surface area contributed by atoms with Gasteiger partial charge in [-0.15, -0.1) is 11.3 Å². The first-order valence-electron chi connectivity index (χ1n) is 7.02. The number of thiazole rings is 1. The Morgan fingerprint density at radius 1 is 1.58 bits per heavy atom. The molecule has 2 heterocycles. The maximum Gasteiger partial charge on any atom is 0.220 e. The summed E-state index contributed by atoms with van der Waals surface area (Å²) in [5.41, 5.74) is -0.370. The Morgan fingerprint density at radius 2 is 2.42 bits per heavy atom. The first-order valence-corrected chi connectivity index (χ1v) is 7.90. The Balaban J connectivity index is 1.77. The quantitative estimate of drug-likeness (QED) is 0.871. The first-order chi connectivity index (χ1) is 9.08. The van der Waals surface area contributed by atoms with Crippen LogP contribution in [0.15, 0.2) is 11.6 Å².